The minimum Gasteiger partial charge on any atom is -0.444 e. The van der Waals surface area contributed by atoms with Crippen LogP contribution in [0, 0.1) is 0 Å². The zero-order chi connectivity index (χ0) is 12.5. The summed E-state index contributed by atoms with van der Waals surface area (Å²) in [4.78, 5) is 13.7. The van der Waals surface area contributed by atoms with Gasteiger partial charge in [-0.1, -0.05) is 24.3 Å². The zero-order valence-electron chi connectivity index (χ0n) is 10.7. The minimum atomic E-state index is -0.423. The van der Waals surface area contributed by atoms with Crippen molar-refractivity contribution in [2.45, 2.75) is 39.3 Å². The van der Waals surface area contributed by atoms with Crippen molar-refractivity contribution in [3.8, 4) is 0 Å². The van der Waals surface area contributed by atoms with E-state index in [1.54, 1.807) is 4.90 Å². The zero-order valence-corrected chi connectivity index (χ0v) is 10.7. The highest BCUT2D eigenvalue weighted by atomic mass is 16.6. The predicted molar refractivity (Wildman–Crippen MR) is 66.8 cm³/mol. The fourth-order valence-electron chi connectivity index (χ4n) is 1.98. The molecule has 0 fully saturated rings. The van der Waals surface area contributed by atoms with Crippen LogP contribution < -0.4 is 0 Å². The highest BCUT2D eigenvalue weighted by Crippen LogP contribution is 2.20. The van der Waals surface area contributed by atoms with Gasteiger partial charge in [-0.15, -0.1) is 0 Å². The van der Waals surface area contributed by atoms with Crippen molar-refractivity contribution < 1.29 is 9.53 Å². The fourth-order valence-corrected chi connectivity index (χ4v) is 1.98. The Balaban J connectivity index is 2.05. The molecule has 0 bridgehead atoms. The molecule has 2 rings (SSSR count). The average molecular weight is 233 g/mol. The second kappa shape index (κ2) is 4.40. The first-order valence-electron chi connectivity index (χ1n) is 6.00. The average Bonchev–Trinajstić information content (AvgIpc) is 2.26. The number of hydrogen-bond acceptors (Lipinski definition) is 2. The van der Waals surface area contributed by atoms with Gasteiger partial charge in [0.05, 0.1) is 0 Å². The van der Waals surface area contributed by atoms with Crippen LogP contribution in [0.5, 0.6) is 0 Å². The van der Waals surface area contributed by atoms with Gasteiger partial charge in [-0.05, 0) is 38.3 Å². The maximum Gasteiger partial charge on any atom is 0.410 e. The summed E-state index contributed by atoms with van der Waals surface area (Å²) in [7, 11) is 0. The molecule has 1 aromatic carbocycles. The van der Waals surface area contributed by atoms with E-state index in [1.165, 1.54) is 11.1 Å². The molecule has 0 aromatic heterocycles. The van der Waals surface area contributed by atoms with E-state index in [4.69, 9.17) is 4.74 Å². The van der Waals surface area contributed by atoms with Crippen molar-refractivity contribution in [3.63, 3.8) is 0 Å². The van der Waals surface area contributed by atoms with Gasteiger partial charge in [0.1, 0.15) is 5.60 Å². The molecule has 17 heavy (non-hydrogen) atoms. The summed E-state index contributed by atoms with van der Waals surface area (Å²) in [5.74, 6) is 0. The van der Waals surface area contributed by atoms with E-state index in [0.717, 1.165) is 13.0 Å². The van der Waals surface area contributed by atoms with Crippen molar-refractivity contribution in [3.05, 3.63) is 35.4 Å². The largest absolute Gasteiger partial charge is 0.444 e. The van der Waals surface area contributed by atoms with Gasteiger partial charge in [0.2, 0.25) is 0 Å². The van der Waals surface area contributed by atoms with E-state index < -0.39 is 5.60 Å². The summed E-state index contributed by atoms with van der Waals surface area (Å²) in [6, 6.07) is 8.26. The molecule has 1 aromatic rings. The summed E-state index contributed by atoms with van der Waals surface area (Å²) >= 11 is 0. The third kappa shape index (κ3) is 2.99. The Morgan fingerprint density at radius 3 is 2.53 bits per heavy atom. The summed E-state index contributed by atoms with van der Waals surface area (Å²) in [6.45, 7) is 7.07. The van der Waals surface area contributed by atoms with E-state index in [-0.39, 0.29) is 6.09 Å². The maximum absolute atomic E-state index is 11.9. The van der Waals surface area contributed by atoms with Crippen LogP contribution in [0.15, 0.2) is 24.3 Å². The molecule has 0 atom stereocenters. The molecule has 0 spiro atoms. The van der Waals surface area contributed by atoms with Gasteiger partial charge < -0.3 is 9.64 Å². The molecule has 1 amide bonds. The molecule has 1 heterocycles. The molecule has 1 aliphatic heterocycles. The highest BCUT2D eigenvalue weighted by Gasteiger charge is 2.25. The Bertz CT molecular complexity index is 420. The third-order valence-electron chi connectivity index (χ3n) is 2.78. The molecule has 3 nitrogen and oxygen atoms in total. The number of nitrogens with zero attached hydrogens (tertiary/aromatic N) is 1. The highest BCUT2D eigenvalue weighted by molar-refractivity contribution is 5.68. The smallest absolute Gasteiger partial charge is 0.410 e. The summed E-state index contributed by atoms with van der Waals surface area (Å²) < 4.78 is 5.38. The molecule has 0 saturated heterocycles. The van der Waals surface area contributed by atoms with Crippen molar-refractivity contribution in [1.29, 1.82) is 0 Å². The Morgan fingerprint density at radius 2 is 1.88 bits per heavy atom. The van der Waals surface area contributed by atoms with Gasteiger partial charge in [-0.2, -0.15) is 0 Å². The van der Waals surface area contributed by atoms with Crippen LogP contribution in [-0.4, -0.2) is 23.1 Å². The van der Waals surface area contributed by atoms with E-state index in [0.29, 0.717) is 6.54 Å². The molecular weight excluding hydrogens is 214 g/mol. The van der Waals surface area contributed by atoms with Crippen molar-refractivity contribution in [1.82, 2.24) is 4.90 Å². The maximum atomic E-state index is 11.9. The Morgan fingerprint density at radius 1 is 1.24 bits per heavy atom. The monoisotopic (exact) mass is 233 g/mol. The Labute approximate surface area is 102 Å². The molecule has 0 saturated carbocycles. The third-order valence-corrected chi connectivity index (χ3v) is 2.78. The van der Waals surface area contributed by atoms with E-state index in [9.17, 15) is 4.79 Å². The van der Waals surface area contributed by atoms with Crippen LogP contribution in [0.25, 0.3) is 0 Å². The standard InChI is InChI=1S/C14H19NO2/c1-14(2,3)17-13(16)15-9-8-11-6-4-5-7-12(11)10-15/h4-7H,8-10H2,1-3H3. The molecule has 0 aliphatic carbocycles. The van der Waals surface area contributed by atoms with Crippen molar-refractivity contribution in [2.24, 2.45) is 0 Å². The molecule has 0 unspecified atom stereocenters. The molecular formula is C14H19NO2. The number of hydrogen-bond donors (Lipinski definition) is 0. The summed E-state index contributed by atoms with van der Waals surface area (Å²) in [6.07, 6.45) is 0.696. The van der Waals surface area contributed by atoms with Gasteiger partial charge in [0, 0.05) is 13.1 Å². The first kappa shape index (κ1) is 12.0. The molecule has 92 valence electrons. The topological polar surface area (TPSA) is 29.5 Å². The fraction of sp³-hybridized carbons (Fsp3) is 0.500. The van der Waals surface area contributed by atoms with Gasteiger partial charge in [0.15, 0.2) is 0 Å². The van der Waals surface area contributed by atoms with Crippen LogP contribution in [0.1, 0.15) is 31.9 Å². The second-order valence-electron chi connectivity index (χ2n) is 5.42. The number of carbonyl (C=O) groups is 1. The lowest BCUT2D eigenvalue weighted by Crippen LogP contribution is -2.39. The lowest BCUT2D eigenvalue weighted by molar-refractivity contribution is 0.0224. The van der Waals surface area contributed by atoms with Gasteiger partial charge in [-0.25, -0.2) is 4.79 Å². The molecule has 0 radical (unpaired) electrons. The van der Waals surface area contributed by atoms with Crippen LogP contribution in [0.3, 0.4) is 0 Å². The first-order chi connectivity index (χ1) is 7.96. The lowest BCUT2D eigenvalue weighted by atomic mass is 10.0. The van der Waals surface area contributed by atoms with Gasteiger partial charge in [-0.3, -0.25) is 0 Å². The van der Waals surface area contributed by atoms with Crippen LogP contribution >= 0.6 is 0 Å². The van der Waals surface area contributed by atoms with Crippen LogP contribution in [0.4, 0.5) is 4.79 Å². The van der Waals surface area contributed by atoms with Crippen molar-refractivity contribution >= 4 is 6.09 Å². The number of fused-ring (bicyclic) bond motifs is 1. The van der Waals surface area contributed by atoms with Crippen LogP contribution in [0.2, 0.25) is 0 Å². The van der Waals surface area contributed by atoms with Gasteiger partial charge >= 0.3 is 6.09 Å². The van der Waals surface area contributed by atoms with Gasteiger partial charge in [0.25, 0.3) is 0 Å². The quantitative estimate of drug-likeness (QED) is 0.689. The number of ether oxygens (including phenoxy) is 1. The number of amides is 1. The summed E-state index contributed by atoms with van der Waals surface area (Å²) in [5, 5.41) is 0. The number of carbonyl (C=O) groups excluding carboxylic acids is 1. The first-order valence-corrected chi connectivity index (χ1v) is 6.00. The van der Waals surface area contributed by atoms with Crippen molar-refractivity contribution in [2.75, 3.05) is 6.54 Å². The SMILES string of the molecule is CC(C)(C)OC(=O)N1CCc2ccccc2C1. The number of benzene rings is 1. The lowest BCUT2D eigenvalue weighted by Gasteiger charge is -2.31. The predicted octanol–water partition coefficient (Wildman–Crippen LogP) is 2.98. The van der Waals surface area contributed by atoms with E-state index in [2.05, 4.69) is 12.1 Å². The second-order valence-corrected chi connectivity index (χ2v) is 5.42. The Hall–Kier alpha value is -1.51. The summed E-state index contributed by atoms with van der Waals surface area (Å²) in [5.41, 5.74) is 2.14. The molecule has 3 heteroatoms. The minimum absolute atomic E-state index is 0.216. The van der Waals surface area contributed by atoms with Crippen LogP contribution in [-0.2, 0) is 17.7 Å². The number of rotatable bonds is 0. The molecule has 1 aliphatic rings. The Kier molecular flexibility index (Phi) is 3.09. The molecule has 0 N–H and O–H groups in total. The normalized spacial score (nSPS) is 15.4. The van der Waals surface area contributed by atoms with E-state index in [1.807, 2.05) is 32.9 Å². The van der Waals surface area contributed by atoms with E-state index >= 15 is 0 Å².